The molecule has 0 bridgehead atoms. The first-order valence-corrected chi connectivity index (χ1v) is 11.7. The van der Waals surface area contributed by atoms with Gasteiger partial charge in [-0.3, -0.25) is 19.3 Å². The van der Waals surface area contributed by atoms with Gasteiger partial charge in [0.1, 0.15) is 0 Å². The largest absolute Gasteiger partial charge is 0.416 e. The van der Waals surface area contributed by atoms with Crippen LogP contribution >= 0.6 is 0 Å². The fraction of sp³-hybridized carbons (Fsp3) is 0.250. The Balaban J connectivity index is 1.29. The highest BCUT2D eigenvalue weighted by Gasteiger charge is 2.50. The molecule has 5 rings (SSSR count). The van der Waals surface area contributed by atoms with Crippen LogP contribution in [0, 0.1) is 11.8 Å². The lowest BCUT2D eigenvalue weighted by molar-refractivity contribution is -0.137. The molecule has 8 heteroatoms. The number of halogens is 3. The second-order valence-corrected chi connectivity index (χ2v) is 9.23. The van der Waals surface area contributed by atoms with Gasteiger partial charge in [0.05, 0.1) is 23.1 Å². The van der Waals surface area contributed by atoms with Crippen LogP contribution in [0.4, 0.5) is 24.5 Å². The van der Waals surface area contributed by atoms with Gasteiger partial charge in [-0.2, -0.15) is 13.2 Å². The van der Waals surface area contributed by atoms with E-state index in [-0.39, 0.29) is 40.8 Å². The Kier molecular flexibility index (Phi) is 6.12. The van der Waals surface area contributed by atoms with Gasteiger partial charge in [-0.25, -0.2) is 0 Å². The maximum absolute atomic E-state index is 13.2. The van der Waals surface area contributed by atoms with E-state index in [4.69, 9.17) is 0 Å². The van der Waals surface area contributed by atoms with Gasteiger partial charge in [0.25, 0.3) is 5.91 Å². The van der Waals surface area contributed by atoms with Gasteiger partial charge in [-0.1, -0.05) is 36.4 Å². The van der Waals surface area contributed by atoms with Crippen LogP contribution in [0.5, 0.6) is 0 Å². The zero-order valence-electron chi connectivity index (χ0n) is 19.2. The highest BCUT2D eigenvalue weighted by atomic mass is 19.4. The van der Waals surface area contributed by atoms with Crippen molar-refractivity contribution in [2.24, 2.45) is 11.8 Å². The number of hydrogen-bond donors (Lipinski definition) is 1. The van der Waals surface area contributed by atoms with Gasteiger partial charge in [-0.15, -0.1) is 0 Å². The molecule has 3 atom stereocenters. The minimum atomic E-state index is -4.52. The summed E-state index contributed by atoms with van der Waals surface area (Å²) < 4.78 is 38.8. The first kappa shape index (κ1) is 23.8. The number of anilines is 2. The molecule has 0 aromatic heterocycles. The lowest BCUT2D eigenvalue weighted by Crippen LogP contribution is -2.30. The molecule has 0 unspecified atom stereocenters. The predicted molar refractivity (Wildman–Crippen MR) is 128 cm³/mol. The molecule has 36 heavy (non-hydrogen) atoms. The topological polar surface area (TPSA) is 66.5 Å². The molecule has 0 spiro atoms. The second kappa shape index (κ2) is 9.26. The molecule has 184 valence electrons. The Morgan fingerprint density at radius 1 is 0.833 bits per heavy atom. The van der Waals surface area contributed by atoms with Gasteiger partial charge in [0.15, 0.2) is 0 Å². The third-order valence-corrected chi connectivity index (χ3v) is 7.03. The van der Waals surface area contributed by atoms with Crippen molar-refractivity contribution in [3.8, 4) is 0 Å². The number of hydrogen-bond acceptors (Lipinski definition) is 3. The van der Waals surface area contributed by atoms with E-state index in [2.05, 4.69) is 5.32 Å². The standard InChI is InChI=1S/C28H23F3N2O3/c29-28(30,31)20-7-4-8-21(16-20)32-25(34)18-9-12-22(13-10-18)33-26(35)23-14-11-19(15-24(23)27(33)36)17-5-2-1-3-6-17/h1-10,12-13,16,19,23-24H,11,14-15H2,(H,32,34)/t19-,23-,24-/m1/s1. The number of nitrogens with zero attached hydrogens (tertiary/aromatic N) is 1. The highest BCUT2D eigenvalue weighted by Crippen LogP contribution is 2.45. The SMILES string of the molecule is O=C(Nc1cccc(C(F)(F)F)c1)c1ccc(N2C(=O)[C@@H]3CC[C@@H](c4ccccc4)C[C@H]3C2=O)cc1. The number of carbonyl (C=O) groups excluding carboxylic acids is 3. The van der Waals surface area contributed by atoms with Crippen molar-refractivity contribution in [2.75, 3.05) is 10.2 Å². The van der Waals surface area contributed by atoms with Gasteiger partial charge in [-0.05, 0) is 73.2 Å². The summed E-state index contributed by atoms with van der Waals surface area (Å²) in [7, 11) is 0. The molecule has 1 saturated carbocycles. The Morgan fingerprint density at radius 2 is 1.53 bits per heavy atom. The summed E-state index contributed by atoms with van der Waals surface area (Å²) in [6, 6.07) is 20.3. The summed E-state index contributed by atoms with van der Waals surface area (Å²) >= 11 is 0. The molecule has 1 aliphatic carbocycles. The smallest absolute Gasteiger partial charge is 0.322 e. The Hall–Kier alpha value is -3.94. The first-order chi connectivity index (χ1) is 17.2. The Labute approximate surface area is 205 Å². The van der Waals surface area contributed by atoms with Crippen LogP contribution < -0.4 is 10.2 Å². The Morgan fingerprint density at radius 3 is 2.22 bits per heavy atom. The zero-order valence-corrected chi connectivity index (χ0v) is 19.2. The number of imide groups is 1. The monoisotopic (exact) mass is 492 g/mol. The average molecular weight is 492 g/mol. The summed E-state index contributed by atoms with van der Waals surface area (Å²) in [5, 5.41) is 2.45. The molecule has 2 aliphatic rings. The molecule has 0 radical (unpaired) electrons. The van der Waals surface area contributed by atoms with Crippen molar-refractivity contribution in [1.29, 1.82) is 0 Å². The van der Waals surface area contributed by atoms with E-state index in [1.165, 1.54) is 46.9 Å². The minimum absolute atomic E-state index is 0.0147. The van der Waals surface area contributed by atoms with Crippen LogP contribution in [0.15, 0.2) is 78.9 Å². The molecule has 2 fully saturated rings. The number of rotatable bonds is 4. The second-order valence-electron chi connectivity index (χ2n) is 9.23. The van der Waals surface area contributed by atoms with Gasteiger partial charge < -0.3 is 5.32 Å². The third-order valence-electron chi connectivity index (χ3n) is 7.03. The van der Waals surface area contributed by atoms with Gasteiger partial charge in [0, 0.05) is 11.3 Å². The van der Waals surface area contributed by atoms with E-state index in [0.29, 0.717) is 18.5 Å². The van der Waals surface area contributed by atoms with Crippen molar-refractivity contribution < 1.29 is 27.6 Å². The number of alkyl halides is 3. The van der Waals surface area contributed by atoms with E-state index >= 15 is 0 Å². The molecule has 1 aliphatic heterocycles. The normalized spacial score (nSPS) is 21.9. The van der Waals surface area contributed by atoms with Crippen LogP contribution in [0.2, 0.25) is 0 Å². The average Bonchev–Trinajstić information content (AvgIpc) is 3.13. The predicted octanol–water partition coefficient (Wildman–Crippen LogP) is 6.03. The quantitative estimate of drug-likeness (QED) is 0.452. The third kappa shape index (κ3) is 4.51. The van der Waals surface area contributed by atoms with Crippen LogP contribution in [0.25, 0.3) is 0 Å². The van der Waals surface area contributed by atoms with Crippen LogP contribution in [-0.2, 0) is 15.8 Å². The molecular weight excluding hydrogens is 469 g/mol. The summed E-state index contributed by atoms with van der Waals surface area (Å²) in [6.07, 6.45) is -2.42. The van der Waals surface area contributed by atoms with Crippen molar-refractivity contribution in [3.05, 3.63) is 95.6 Å². The molecule has 1 saturated heterocycles. The molecular formula is C28H23F3N2O3. The van der Waals surface area contributed by atoms with E-state index in [1.807, 2.05) is 30.3 Å². The first-order valence-electron chi connectivity index (χ1n) is 11.7. The highest BCUT2D eigenvalue weighted by molar-refractivity contribution is 6.22. The molecule has 3 aromatic carbocycles. The van der Waals surface area contributed by atoms with Crippen LogP contribution in [0.1, 0.15) is 46.7 Å². The van der Waals surface area contributed by atoms with Crippen molar-refractivity contribution in [3.63, 3.8) is 0 Å². The molecule has 1 heterocycles. The van der Waals surface area contributed by atoms with Crippen LogP contribution in [0.3, 0.4) is 0 Å². The lowest BCUT2D eigenvalue weighted by Gasteiger charge is -2.28. The summed E-state index contributed by atoms with van der Waals surface area (Å²) in [6.45, 7) is 0. The lowest BCUT2D eigenvalue weighted by atomic mass is 9.73. The number of carbonyl (C=O) groups is 3. The zero-order chi connectivity index (χ0) is 25.4. The fourth-order valence-corrected chi connectivity index (χ4v) is 5.20. The maximum Gasteiger partial charge on any atom is 0.416 e. The number of nitrogens with one attached hydrogen (secondary N) is 1. The Bertz CT molecular complexity index is 1310. The van der Waals surface area contributed by atoms with E-state index < -0.39 is 17.6 Å². The summed E-state index contributed by atoms with van der Waals surface area (Å²) in [5.74, 6) is -1.54. The van der Waals surface area contributed by atoms with E-state index in [9.17, 15) is 27.6 Å². The van der Waals surface area contributed by atoms with Crippen LogP contribution in [-0.4, -0.2) is 17.7 Å². The van der Waals surface area contributed by atoms with Crippen molar-refractivity contribution in [1.82, 2.24) is 0 Å². The molecule has 5 nitrogen and oxygen atoms in total. The van der Waals surface area contributed by atoms with Crippen molar-refractivity contribution in [2.45, 2.75) is 31.4 Å². The number of fused-ring (bicyclic) bond motifs is 1. The van der Waals surface area contributed by atoms with Crippen molar-refractivity contribution >= 4 is 29.1 Å². The number of benzene rings is 3. The summed E-state index contributed by atoms with van der Waals surface area (Å²) in [5.41, 5.74) is 0.896. The van der Waals surface area contributed by atoms with Gasteiger partial charge in [0.2, 0.25) is 11.8 Å². The summed E-state index contributed by atoms with van der Waals surface area (Å²) in [4.78, 5) is 40.1. The van der Waals surface area contributed by atoms with E-state index in [0.717, 1.165) is 18.6 Å². The fourth-order valence-electron chi connectivity index (χ4n) is 5.20. The maximum atomic E-state index is 13.2. The molecule has 3 amide bonds. The minimum Gasteiger partial charge on any atom is -0.322 e. The molecule has 3 aromatic rings. The molecule has 1 N–H and O–H groups in total. The van der Waals surface area contributed by atoms with Gasteiger partial charge >= 0.3 is 6.18 Å². The van der Waals surface area contributed by atoms with E-state index in [1.54, 1.807) is 0 Å². The number of amides is 3.